The first kappa shape index (κ1) is 18.9. The summed E-state index contributed by atoms with van der Waals surface area (Å²) in [5.41, 5.74) is 2.16. The Morgan fingerprint density at radius 1 is 1.23 bits per heavy atom. The number of nitrogens with zero attached hydrogens (tertiary/aromatic N) is 4. The molecule has 1 unspecified atom stereocenters. The topological polar surface area (TPSA) is 62.5 Å². The number of aryl methyl sites for hydroxylation is 1. The van der Waals surface area contributed by atoms with Gasteiger partial charge in [-0.2, -0.15) is 16.7 Å². The molecule has 2 aromatic rings. The quantitative estimate of drug-likeness (QED) is 0.775. The Morgan fingerprint density at radius 2 is 1.92 bits per heavy atom. The molecule has 0 aliphatic carbocycles. The van der Waals surface area contributed by atoms with Crippen LogP contribution in [-0.2, 0) is 4.79 Å². The lowest BCUT2D eigenvalue weighted by Crippen LogP contribution is -2.49. The maximum atomic E-state index is 12.1. The van der Waals surface area contributed by atoms with Crippen LogP contribution in [0.25, 0.3) is 11.4 Å². The summed E-state index contributed by atoms with van der Waals surface area (Å²) in [6.07, 6.45) is 2.66. The van der Waals surface area contributed by atoms with Crippen LogP contribution in [0.1, 0.15) is 30.8 Å². The molecule has 1 atom stereocenters. The first-order valence-electron chi connectivity index (χ1n) is 9.00. The van der Waals surface area contributed by atoms with Gasteiger partial charge in [0.1, 0.15) is 0 Å². The normalized spacial score (nSPS) is 16.7. The van der Waals surface area contributed by atoms with E-state index in [1.807, 2.05) is 35.4 Å². The van der Waals surface area contributed by atoms with E-state index in [9.17, 15) is 4.79 Å². The highest BCUT2D eigenvalue weighted by molar-refractivity contribution is 7.98. The lowest BCUT2D eigenvalue weighted by molar-refractivity contribution is -0.132. The summed E-state index contributed by atoms with van der Waals surface area (Å²) < 4.78 is 5.51. The first-order valence-corrected chi connectivity index (χ1v) is 10.4. The van der Waals surface area contributed by atoms with Crippen molar-refractivity contribution in [2.75, 3.05) is 38.2 Å². The van der Waals surface area contributed by atoms with Crippen molar-refractivity contribution in [2.24, 2.45) is 0 Å². The molecule has 0 saturated carbocycles. The predicted octanol–water partition coefficient (Wildman–Crippen LogP) is 3.00. The van der Waals surface area contributed by atoms with Gasteiger partial charge in [0.05, 0.1) is 6.04 Å². The number of hydrogen-bond donors (Lipinski definition) is 0. The van der Waals surface area contributed by atoms with E-state index in [1.54, 1.807) is 11.8 Å². The number of rotatable bonds is 6. The van der Waals surface area contributed by atoms with Crippen molar-refractivity contribution in [3.05, 3.63) is 35.7 Å². The average molecular weight is 375 g/mol. The average Bonchev–Trinajstić information content (AvgIpc) is 3.16. The molecular weight excluding hydrogens is 348 g/mol. The molecule has 26 heavy (non-hydrogen) atoms. The van der Waals surface area contributed by atoms with Gasteiger partial charge in [-0.1, -0.05) is 35.0 Å². The Hall–Kier alpha value is -1.86. The highest BCUT2D eigenvalue weighted by Crippen LogP contribution is 2.23. The molecular formula is C19H26N4O2S. The van der Waals surface area contributed by atoms with Gasteiger partial charge in [-0.05, 0) is 20.1 Å². The second-order valence-electron chi connectivity index (χ2n) is 6.66. The van der Waals surface area contributed by atoms with Crippen LogP contribution in [0.5, 0.6) is 0 Å². The lowest BCUT2D eigenvalue weighted by atomic mass is 10.1. The van der Waals surface area contributed by atoms with E-state index >= 15 is 0 Å². The van der Waals surface area contributed by atoms with Crippen LogP contribution in [0, 0.1) is 6.92 Å². The molecule has 1 aliphatic rings. The van der Waals surface area contributed by atoms with Crippen molar-refractivity contribution >= 4 is 17.7 Å². The Labute approximate surface area is 158 Å². The monoisotopic (exact) mass is 374 g/mol. The van der Waals surface area contributed by atoms with E-state index in [2.05, 4.69) is 28.9 Å². The molecule has 1 amide bonds. The molecule has 1 aliphatic heterocycles. The van der Waals surface area contributed by atoms with Gasteiger partial charge < -0.3 is 9.42 Å². The number of carbonyl (C=O) groups is 1. The van der Waals surface area contributed by atoms with Crippen LogP contribution in [0.3, 0.4) is 0 Å². The fourth-order valence-corrected chi connectivity index (χ4v) is 3.47. The Bertz CT molecular complexity index is 723. The maximum Gasteiger partial charge on any atom is 0.244 e. The SMILES string of the molecule is CSCCC(=O)N1CCN(C(C)c2nc(-c3ccc(C)cc3)no2)CC1. The number of aromatic nitrogens is 2. The fourth-order valence-electron chi connectivity index (χ4n) is 3.09. The van der Waals surface area contributed by atoms with Gasteiger partial charge in [-0.15, -0.1) is 0 Å². The third kappa shape index (κ3) is 4.45. The zero-order chi connectivity index (χ0) is 18.5. The standard InChI is InChI=1S/C19H26N4O2S/c1-14-4-6-16(7-5-14)18-20-19(25-21-18)15(2)22-9-11-23(12-10-22)17(24)8-13-26-3/h4-7,15H,8-13H2,1-3H3. The van der Waals surface area contributed by atoms with Crippen molar-refractivity contribution in [2.45, 2.75) is 26.3 Å². The second kappa shape index (κ2) is 8.68. The largest absolute Gasteiger partial charge is 0.340 e. The highest BCUT2D eigenvalue weighted by atomic mass is 32.2. The van der Waals surface area contributed by atoms with Crippen molar-refractivity contribution < 1.29 is 9.32 Å². The van der Waals surface area contributed by atoms with E-state index < -0.39 is 0 Å². The highest BCUT2D eigenvalue weighted by Gasteiger charge is 2.27. The number of carbonyl (C=O) groups excluding carboxylic acids is 1. The van der Waals surface area contributed by atoms with Gasteiger partial charge in [-0.25, -0.2) is 0 Å². The van der Waals surface area contributed by atoms with Gasteiger partial charge in [0.2, 0.25) is 17.6 Å². The minimum atomic E-state index is 0.0464. The molecule has 2 heterocycles. The van der Waals surface area contributed by atoms with E-state index in [0.717, 1.165) is 37.5 Å². The summed E-state index contributed by atoms with van der Waals surface area (Å²) in [6.45, 7) is 7.31. The van der Waals surface area contributed by atoms with Gasteiger partial charge in [-0.3, -0.25) is 9.69 Å². The van der Waals surface area contributed by atoms with Crippen LogP contribution < -0.4 is 0 Å². The van der Waals surface area contributed by atoms with Crippen molar-refractivity contribution in [1.29, 1.82) is 0 Å². The molecule has 7 heteroatoms. The molecule has 1 saturated heterocycles. The smallest absolute Gasteiger partial charge is 0.244 e. The first-order chi connectivity index (χ1) is 12.6. The van der Waals surface area contributed by atoms with Crippen LogP contribution in [0.4, 0.5) is 0 Å². The minimum Gasteiger partial charge on any atom is -0.340 e. The van der Waals surface area contributed by atoms with E-state index in [1.165, 1.54) is 5.56 Å². The summed E-state index contributed by atoms with van der Waals surface area (Å²) in [4.78, 5) is 21.0. The number of piperazine rings is 1. The molecule has 0 N–H and O–H groups in total. The lowest BCUT2D eigenvalue weighted by Gasteiger charge is -2.36. The van der Waals surface area contributed by atoms with Crippen LogP contribution >= 0.6 is 11.8 Å². The minimum absolute atomic E-state index is 0.0464. The number of hydrogen-bond acceptors (Lipinski definition) is 6. The predicted molar refractivity (Wildman–Crippen MR) is 104 cm³/mol. The van der Waals surface area contributed by atoms with Gasteiger partial charge in [0.15, 0.2) is 0 Å². The Morgan fingerprint density at radius 3 is 2.58 bits per heavy atom. The zero-order valence-electron chi connectivity index (χ0n) is 15.6. The summed E-state index contributed by atoms with van der Waals surface area (Å²) >= 11 is 1.71. The summed E-state index contributed by atoms with van der Waals surface area (Å²) in [6, 6.07) is 8.15. The van der Waals surface area contributed by atoms with E-state index in [0.29, 0.717) is 18.1 Å². The molecule has 1 aromatic heterocycles. The van der Waals surface area contributed by atoms with Crippen molar-refractivity contribution in [1.82, 2.24) is 19.9 Å². The molecule has 1 fully saturated rings. The molecule has 0 bridgehead atoms. The van der Waals surface area contributed by atoms with E-state index in [-0.39, 0.29) is 11.9 Å². The van der Waals surface area contributed by atoms with Crippen LogP contribution in [-0.4, -0.2) is 64.0 Å². The molecule has 0 radical (unpaired) electrons. The number of thioether (sulfide) groups is 1. The number of benzene rings is 1. The fraction of sp³-hybridized carbons (Fsp3) is 0.526. The Balaban J connectivity index is 1.58. The number of amides is 1. The zero-order valence-corrected chi connectivity index (χ0v) is 16.5. The van der Waals surface area contributed by atoms with Crippen LogP contribution in [0.15, 0.2) is 28.8 Å². The molecule has 1 aromatic carbocycles. The van der Waals surface area contributed by atoms with Crippen molar-refractivity contribution in [3.8, 4) is 11.4 Å². The van der Waals surface area contributed by atoms with Crippen LogP contribution in [0.2, 0.25) is 0 Å². The van der Waals surface area contributed by atoms with Gasteiger partial charge >= 0.3 is 0 Å². The third-order valence-corrected chi connectivity index (χ3v) is 5.46. The maximum absolute atomic E-state index is 12.1. The second-order valence-corrected chi connectivity index (χ2v) is 7.64. The summed E-state index contributed by atoms with van der Waals surface area (Å²) in [5.74, 6) is 2.39. The van der Waals surface area contributed by atoms with Gasteiger partial charge in [0, 0.05) is 43.9 Å². The molecule has 3 rings (SSSR count). The molecule has 0 spiro atoms. The molecule has 6 nitrogen and oxygen atoms in total. The summed E-state index contributed by atoms with van der Waals surface area (Å²) in [5, 5.41) is 4.13. The molecule has 140 valence electrons. The summed E-state index contributed by atoms with van der Waals surface area (Å²) in [7, 11) is 0. The van der Waals surface area contributed by atoms with E-state index in [4.69, 9.17) is 4.52 Å². The third-order valence-electron chi connectivity index (χ3n) is 4.84. The Kier molecular flexibility index (Phi) is 6.32. The van der Waals surface area contributed by atoms with Gasteiger partial charge in [0.25, 0.3) is 0 Å². The van der Waals surface area contributed by atoms with Crippen molar-refractivity contribution in [3.63, 3.8) is 0 Å².